The monoisotopic (exact) mass is 265 g/mol. The smallest absolute Gasteiger partial charge is 0.318 e. The molecule has 2 amide bonds. The van der Waals surface area contributed by atoms with Crippen molar-refractivity contribution >= 4 is 6.03 Å². The number of aryl methyl sites for hydroxylation is 1. The normalized spacial score (nSPS) is 20.5. The summed E-state index contributed by atoms with van der Waals surface area (Å²) in [6.07, 6.45) is 0.780. The number of urea groups is 1. The van der Waals surface area contributed by atoms with Gasteiger partial charge in [0.1, 0.15) is 5.82 Å². The lowest BCUT2D eigenvalue weighted by Crippen LogP contribution is -2.32. The molecule has 0 saturated carbocycles. The summed E-state index contributed by atoms with van der Waals surface area (Å²) in [5.74, 6) is -0.220. The molecule has 2 rings (SSSR count). The Hall–Kier alpha value is -1.62. The van der Waals surface area contributed by atoms with E-state index in [1.807, 2.05) is 6.92 Å². The van der Waals surface area contributed by atoms with Crippen molar-refractivity contribution in [3.63, 3.8) is 0 Å². The van der Waals surface area contributed by atoms with Gasteiger partial charge >= 0.3 is 6.03 Å². The van der Waals surface area contributed by atoms with Gasteiger partial charge in [-0.05, 0) is 37.5 Å². The fourth-order valence-corrected chi connectivity index (χ4v) is 2.21. The predicted octanol–water partition coefficient (Wildman–Crippen LogP) is 1.94. The Balaban J connectivity index is 2.03. The molecule has 1 heterocycles. The van der Waals surface area contributed by atoms with Crippen molar-refractivity contribution in [2.75, 3.05) is 13.1 Å². The summed E-state index contributed by atoms with van der Waals surface area (Å²) in [6.45, 7) is 4.91. The summed E-state index contributed by atoms with van der Waals surface area (Å²) >= 11 is 0. The molecule has 2 unspecified atom stereocenters. The first kappa shape index (κ1) is 13.8. The van der Waals surface area contributed by atoms with Gasteiger partial charge in [-0.15, -0.1) is 0 Å². The second-order valence-corrected chi connectivity index (χ2v) is 5.22. The van der Waals surface area contributed by atoms with Crippen LogP contribution in [-0.2, 0) is 0 Å². The van der Waals surface area contributed by atoms with Gasteiger partial charge in [0, 0.05) is 19.1 Å². The van der Waals surface area contributed by atoms with Crippen molar-refractivity contribution in [1.29, 1.82) is 0 Å². The average Bonchev–Trinajstić information content (AvgIpc) is 2.71. The van der Waals surface area contributed by atoms with Crippen LogP contribution in [0.5, 0.6) is 0 Å². The second kappa shape index (κ2) is 5.57. The molecule has 19 heavy (non-hydrogen) atoms. The molecule has 1 saturated heterocycles. The zero-order chi connectivity index (χ0) is 14.0. The van der Waals surface area contributed by atoms with Gasteiger partial charge in [-0.2, -0.15) is 0 Å². The van der Waals surface area contributed by atoms with E-state index in [2.05, 4.69) is 5.32 Å². The van der Waals surface area contributed by atoms with E-state index in [4.69, 9.17) is 5.73 Å². The van der Waals surface area contributed by atoms with E-state index in [-0.39, 0.29) is 23.9 Å². The molecule has 5 heteroatoms. The van der Waals surface area contributed by atoms with E-state index in [1.54, 1.807) is 24.0 Å². The Labute approximate surface area is 112 Å². The minimum atomic E-state index is -0.220. The number of amides is 2. The Morgan fingerprint density at radius 3 is 2.95 bits per heavy atom. The molecule has 1 fully saturated rings. The lowest BCUT2D eigenvalue weighted by atomic mass is 10.0. The number of rotatable bonds is 4. The first-order valence-corrected chi connectivity index (χ1v) is 6.54. The van der Waals surface area contributed by atoms with Crippen LogP contribution >= 0.6 is 0 Å². The van der Waals surface area contributed by atoms with Gasteiger partial charge in [-0.3, -0.25) is 0 Å². The number of nitrogens with two attached hydrogens (primary N) is 1. The third kappa shape index (κ3) is 3.23. The Morgan fingerprint density at radius 1 is 1.58 bits per heavy atom. The lowest BCUT2D eigenvalue weighted by Gasteiger charge is -2.16. The van der Waals surface area contributed by atoms with E-state index in [1.165, 1.54) is 6.07 Å². The molecule has 1 aliphatic rings. The molecular weight excluding hydrogens is 245 g/mol. The number of carbonyl (C=O) groups excluding carboxylic acids is 1. The van der Waals surface area contributed by atoms with Crippen molar-refractivity contribution in [1.82, 2.24) is 10.2 Å². The second-order valence-electron chi connectivity index (χ2n) is 5.22. The van der Waals surface area contributed by atoms with Crippen LogP contribution in [-0.4, -0.2) is 30.1 Å². The van der Waals surface area contributed by atoms with Crippen molar-refractivity contribution in [3.05, 3.63) is 35.1 Å². The third-order valence-electron chi connectivity index (χ3n) is 3.43. The van der Waals surface area contributed by atoms with Crippen LogP contribution in [0.4, 0.5) is 9.18 Å². The van der Waals surface area contributed by atoms with Crippen molar-refractivity contribution in [3.8, 4) is 0 Å². The maximum Gasteiger partial charge on any atom is 0.318 e. The van der Waals surface area contributed by atoms with Gasteiger partial charge in [0.05, 0.1) is 6.04 Å². The topological polar surface area (TPSA) is 58.4 Å². The van der Waals surface area contributed by atoms with Crippen LogP contribution in [0, 0.1) is 12.7 Å². The molecular formula is C14H20FN3O. The molecule has 104 valence electrons. The summed E-state index contributed by atoms with van der Waals surface area (Å²) in [5, 5.41) is 2.91. The highest BCUT2D eigenvalue weighted by atomic mass is 19.1. The zero-order valence-corrected chi connectivity index (χ0v) is 11.3. The fraction of sp³-hybridized carbons (Fsp3) is 0.500. The van der Waals surface area contributed by atoms with E-state index in [9.17, 15) is 9.18 Å². The van der Waals surface area contributed by atoms with Gasteiger partial charge < -0.3 is 16.0 Å². The largest absolute Gasteiger partial charge is 0.329 e. The van der Waals surface area contributed by atoms with Crippen LogP contribution in [0.3, 0.4) is 0 Å². The van der Waals surface area contributed by atoms with E-state index in [0.717, 1.165) is 12.0 Å². The minimum absolute atomic E-state index is 0.0696. The number of benzene rings is 1. The maximum atomic E-state index is 13.2. The van der Waals surface area contributed by atoms with E-state index < -0.39 is 0 Å². The molecule has 0 aromatic heterocycles. The Kier molecular flexibility index (Phi) is 4.04. The van der Waals surface area contributed by atoms with Crippen LogP contribution < -0.4 is 11.1 Å². The summed E-state index contributed by atoms with van der Waals surface area (Å²) < 4.78 is 13.2. The van der Waals surface area contributed by atoms with Gasteiger partial charge in [0.25, 0.3) is 0 Å². The summed E-state index contributed by atoms with van der Waals surface area (Å²) in [5.41, 5.74) is 7.24. The molecule has 3 N–H and O–H groups in total. The highest BCUT2D eigenvalue weighted by Crippen LogP contribution is 2.22. The van der Waals surface area contributed by atoms with E-state index in [0.29, 0.717) is 18.7 Å². The summed E-state index contributed by atoms with van der Waals surface area (Å²) in [6, 6.07) is 4.89. The Morgan fingerprint density at radius 2 is 2.32 bits per heavy atom. The van der Waals surface area contributed by atoms with Gasteiger partial charge in [-0.1, -0.05) is 12.1 Å². The molecule has 1 aliphatic heterocycles. The molecule has 0 spiro atoms. The van der Waals surface area contributed by atoms with E-state index >= 15 is 0 Å². The Bertz CT molecular complexity index is 476. The summed E-state index contributed by atoms with van der Waals surface area (Å²) in [4.78, 5) is 13.6. The molecule has 1 aromatic carbocycles. The number of hydrogen-bond donors (Lipinski definition) is 2. The van der Waals surface area contributed by atoms with Crippen molar-refractivity contribution < 1.29 is 9.18 Å². The number of nitrogens with one attached hydrogen (secondary N) is 1. The number of carbonyl (C=O) groups is 1. The van der Waals surface area contributed by atoms with Crippen LogP contribution in [0.15, 0.2) is 18.2 Å². The van der Waals surface area contributed by atoms with Gasteiger partial charge in [0.2, 0.25) is 0 Å². The van der Waals surface area contributed by atoms with Gasteiger partial charge in [-0.25, -0.2) is 9.18 Å². The first-order valence-electron chi connectivity index (χ1n) is 6.54. The molecule has 1 aromatic rings. The SMILES string of the molecule is Cc1cc(C2CN(CCC(C)N)C(=O)N2)ccc1F. The molecule has 0 bridgehead atoms. The highest BCUT2D eigenvalue weighted by molar-refractivity contribution is 5.77. The predicted molar refractivity (Wildman–Crippen MR) is 72.2 cm³/mol. The minimum Gasteiger partial charge on any atom is -0.329 e. The van der Waals surface area contributed by atoms with Crippen molar-refractivity contribution in [2.45, 2.75) is 32.4 Å². The number of nitrogens with zero attached hydrogens (tertiary/aromatic N) is 1. The summed E-state index contributed by atoms with van der Waals surface area (Å²) in [7, 11) is 0. The quantitative estimate of drug-likeness (QED) is 0.874. The molecule has 0 radical (unpaired) electrons. The molecule has 4 nitrogen and oxygen atoms in total. The van der Waals surface area contributed by atoms with Crippen LogP contribution in [0.2, 0.25) is 0 Å². The molecule has 2 atom stereocenters. The lowest BCUT2D eigenvalue weighted by molar-refractivity contribution is 0.216. The molecule has 0 aliphatic carbocycles. The third-order valence-corrected chi connectivity index (χ3v) is 3.43. The number of hydrogen-bond acceptors (Lipinski definition) is 2. The first-order chi connectivity index (χ1) is 8.97. The number of halogens is 1. The van der Waals surface area contributed by atoms with Gasteiger partial charge in [0.15, 0.2) is 0 Å². The zero-order valence-electron chi connectivity index (χ0n) is 11.3. The fourth-order valence-electron chi connectivity index (χ4n) is 2.21. The van der Waals surface area contributed by atoms with Crippen LogP contribution in [0.25, 0.3) is 0 Å². The van der Waals surface area contributed by atoms with Crippen molar-refractivity contribution in [2.24, 2.45) is 5.73 Å². The standard InChI is InChI=1S/C14H20FN3O/c1-9-7-11(3-4-12(9)15)13-8-18(14(19)17-13)6-5-10(2)16/h3-4,7,10,13H,5-6,8,16H2,1-2H3,(H,17,19). The maximum absolute atomic E-state index is 13.2. The average molecular weight is 265 g/mol. The van der Waals surface area contributed by atoms with Crippen LogP contribution in [0.1, 0.15) is 30.5 Å². The highest BCUT2D eigenvalue weighted by Gasteiger charge is 2.29.